The van der Waals surface area contributed by atoms with Crippen molar-refractivity contribution in [2.75, 3.05) is 11.4 Å². The Balaban J connectivity index is 1.59. The number of nitrogens with zero attached hydrogens (tertiary/aromatic N) is 3. The summed E-state index contributed by atoms with van der Waals surface area (Å²) in [6.07, 6.45) is 2.45. The van der Waals surface area contributed by atoms with Gasteiger partial charge in [0, 0.05) is 18.5 Å². The minimum absolute atomic E-state index is 0.0826. The molecule has 0 N–H and O–H groups in total. The fraction of sp³-hybridized carbons (Fsp3) is 0.154. The van der Waals surface area contributed by atoms with E-state index in [2.05, 4.69) is 24.8 Å². The van der Waals surface area contributed by atoms with Crippen molar-refractivity contribution in [2.45, 2.75) is 18.2 Å². The Hall–Kier alpha value is -3.86. The zero-order valence-electron chi connectivity index (χ0n) is 16.9. The highest BCUT2D eigenvalue weighted by molar-refractivity contribution is 6.08. The second-order valence-corrected chi connectivity index (χ2v) is 7.98. The van der Waals surface area contributed by atoms with Crippen LogP contribution in [0.25, 0.3) is 0 Å². The Morgan fingerprint density at radius 1 is 1.03 bits per heavy atom. The van der Waals surface area contributed by atoms with Crippen molar-refractivity contribution < 1.29 is 9.53 Å². The molecule has 3 aliphatic rings. The van der Waals surface area contributed by atoms with Crippen LogP contribution in [0.15, 0.2) is 96.6 Å². The highest BCUT2D eigenvalue weighted by atomic mass is 16.5. The standard InChI is InChI=1S/C26H21N3O2/c1-2-16-28-22-14-8-7-13-20(22)26(25(28)30)29-23(19-12-6-9-15-24(19)31-26)17-21(27-29)18-10-4-3-5-11-18/h2-15,23H,1,16-17H2/t23-,26-/m0/s1. The SMILES string of the molecule is C=CCN1C(=O)[C@@]2(Oc3ccccc3[C@@H]3CC(c4ccccc4)=NN32)c2ccccc21. The maximum atomic E-state index is 14.0. The third-order valence-corrected chi connectivity index (χ3v) is 6.28. The number of carbonyl (C=O) groups is 1. The van der Waals surface area contributed by atoms with Crippen LogP contribution in [0.5, 0.6) is 5.75 Å². The molecule has 3 aromatic carbocycles. The van der Waals surface area contributed by atoms with E-state index in [0.717, 1.165) is 33.8 Å². The summed E-state index contributed by atoms with van der Waals surface area (Å²) in [6.45, 7) is 4.26. The monoisotopic (exact) mass is 407 g/mol. The minimum Gasteiger partial charge on any atom is -0.453 e. The van der Waals surface area contributed by atoms with Crippen LogP contribution in [0.2, 0.25) is 0 Å². The number of para-hydroxylation sites is 2. The molecule has 0 radical (unpaired) electrons. The number of fused-ring (bicyclic) bond motifs is 6. The first-order chi connectivity index (χ1) is 15.2. The molecule has 6 rings (SSSR count). The average Bonchev–Trinajstić information content (AvgIpc) is 3.36. The van der Waals surface area contributed by atoms with Crippen molar-refractivity contribution in [3.63, 3.8) is 0 Å². The van der Waals surface area contributed by atoms with Crippen LogP contribution < -0.4 is 9.64 Å². The van der Waals surface area contributed by atoms with Crippen LogP contribution in [0.3, 0.4) is 0 Å². The Bertz CT molecular complexity index is 1240. The minimum atomic E-state index is -1.32. The summed E-state index contributed by atoms with van der Waals surface area (Å²) >= 11 is 0. The third-order valence-electron chi connectivity index (χ3n) is 6.28. The molecule has 0 saturated heterocycles. The fourth-order valence-electron chi connectivity index (χ4n) is 4.94. The van der Waals surface area contributed by atoms with Gasteiger partial charge in [-0.25, -0.2) is 5.01 Å². The molecule has 31 heavy (non-hydrogen) atoms. The van der Waals surface area contributed by atoms with E-state index in [-0.39, 0.29) is 11.9 Å². The normalized spacial score (nSPS) is 23.2. The Labute approximate surface area is 180 Å². The van der Waals surface area contributed by atoms with Crippen molar-refractivity contribution in [1.82, 2.24) is 5.01 Å². The summed E-state index contributed by atoms with van der Waals surface area (Å²) in [4.78, 5) is 15.7. The van der Waals surface area contributed by atoms with E-state index in [0.29, 0.717) is 13.0 Å². The maximum absolute atomic E-state index is 14.0. The Morgan fingerprint density at radius 3 is 2.61 bits per heavy atom. The van der Waals surface area contributed by atoms with Gasteiger partial charge in [0.2, 0.25) is 0 Å². The highest BCUT2D eigenvalue weighted by Gasteiger charge is 2.62. The van der Waals surface area contributed by atoms with Gasteiger partial charge in [0.05, 0.1) is 23.0 Å². The summed E-state index contributed by atoms with van der Waals surface area (Å²) in [5.74, 6) is 0.600. The van der Waals surface area contributed by atoms with Crippen molar-refractivity contribution in [3.05, 3.63) is 108 Å². The van der Waals surface area contributed by atoms with Crippen LogP contribution in [-0.2, 0) is 10.5 Å². The lowest BCUT2D eigenvalue weighted by molar-refractivity contribution is -0.163. The molecule has 0 unspecified atom stereocenters. The molecule has 0 bridgehead atoms. The van der Waals surface area contributed by atoms with Gasteiger partial charge in [-0.2, -0.15) is 5.10 Å². The summed E-state index contributed by atoms with van der Waals surface area (Å²) in [6, 6.07) is 25.8. The molecule has 3 heterocycles. The van der Waals surface area contributed by atoms with Crippen LogP contribution in [-0.4, -0.2) is 23.2 Å². The molecule has 3 aromatic rings. The lowest BCUT2D eigenvalue weighted by Crippen LogP contribution is -2.57. The second kappa shape index (κ2) is 6.57. The van der Waals surface area contributed by atoms with E-state index in [1.807, 2.05) is 65.7 Å². The number of hydrazone groups is 1. The first-order valence-electron chi connectivity index (χ1n) is 10.5. The number of ether oxygens (including phenoxy) is 1. The molecule has 2 atom stereocenters. The topological polar surface area (TPSA) is 45.1 Å². The van der Waals surface area contributed by atoms with E-state index >= 15 is 0 Å². The van der Waals surface area contributed by atoms with E-state index in [4.69, 9.17) is 9.84 Å². The Kier molecular flexibility index (Phi) is 3.81. The van der Waals surface area contributed by atoms with E-state index in [1.165, 1.54) is 0 Å². The largest absolute Gasteiger partial charge is 0.453 e. The molecule has 0 saturated carbocycles. The smallest absolute Gasteiger partial charge is 0.306 e. The lowest BCUT2D eigenvalue weighted by Gasteiger charge is -2.44. The van der Waals surface area contributed by atoms with Crippen molar-refractivity contribution >= 4 is 17.3 Å². The Morgan fingerprint density at radius 2 is 1.77 bits per heavy atom. The van der Waals surface area contributed by atoms with Gasteiger partial charge in [0.1, 0.15) is 5.75 Å². The van der Waals surface area contributed by atoms with Gasteiger partial charge in [-0.15, -0.1) is 6.58 Å². The third kappa shape index (κ3) is 2.37. The number of benzene rings is 3. The van der Waals surface area contributed by atoms with Gasteiger partial charge >= 0.3 is 5.72 Å². The molecular formula is C26H21N3O2. The van der Waals surface area contributed by atoms with Crippen molar-refractivity contribution in [1.29, 1.82) is 0 Å². The first-order valence-corrected chi connectivity index (χ1v) is 10.5. The molecule has 0 aromatic heterocycles. The predicted octanol–water partition coefficient (Wildman–Crippen LogP) is 4.62. The van der Waals surface area contributed by atoms with Crippen LogP contribution in [0.1, 0.15) is 29.2 Å². The zero-order valence-corrected chi connectivity index (χ0v) is 16.9. The number of amides is 1. The first kappa shape index (κ1) is 18.0. The molecule has 5 nitrogen and oxygen atoms in total. The van der Waals surface area contributed by atoms with E-state index in [1.54, 1.807) is 11.0 Å². The highest BCUT2D eigenvalue weighted by Crippen LogP contribution is 2.55. The van der Waals surface area contributed by atoms with Crippen LogP contribution in [0.4, 0.5) is 5.69 Å². The van der Waals surface area contributed by atoms with Gasteiger partial charge in [-0.3, -0.25) is 4.79 Å². The summed E-state index contributed by atoms with van der Waals surface area (Å²) in [5.41, 5.74) is 3.40. The number of anilines is 1. The summed E-state index contributed by atoms with van der Waals surface area (Å²) in [7, 11) is 0. The van der Waals surface area contributed by atoms with Crippen molar-refractivity contribution in [3.8, 4) is 5.75 Å². The number of hydrogen-bond donors (Lipinski definition) is 0. The number of rotatable bonds is 3. The molecule has 5 heteroatoms. The van der Waals surface area contributed by atoms with Gasteiger partial charge < -0.3 is 9.64 Å². The van der Waals surface area contributed by atoms with E-state index < -0.39 is 5.72 Å². The molecular weight excluding hydrogens is 386 g/mol. The lowest BCUT2D eigenvalue weighted by atomic mass is 9.92. The van der Waals surface area contributed by atoms with Gasteiger partial charge in [-0.05, 0) is 17.7 Å². The van der Waals surface area contributed by atoms with Crippen molar-refractivity contribution in [2.24, 2.45) is 5.10 Å². The summed E-state index contributed by atoms with van der Waals surface area (Å²) < 4.78 is 6.59. The average molecular weight is 407 g/mol. The molecule has 0 aliphatic carbocycles. The second-order valence-electron chi connectivity index (χ2n) is 7.98. The fourth-order valence-corrected chi connectivity index (χ4v) is 4.94. The predicted molar refractivity (Wildman–Crippen MR) is 120 cm³/mol. The maximum Gasteiger partial charge on any atom is 0.306 e. The van der Waals surface area contributed by atoms with Gasteiger partial charge in [-0.1, -0.05) is 72.8 Å². The summed E-state index contributed by atoms with van der Waals surface area (Å²) in [5, 5.41) is 6.90. The van der Waals surface area contributed by atoms with E-state index in [9.17, 15) is 4.79 Å². The number of carbonyl (C=O) groups excluding carboxylic acids is 1. The zero-order chi connectivity index (χ0) is 21.0. The molecule has 152 valence electrons. The molecule has 3 aliphatic heterocycles. The van der Waals surface area contributed by atoms with Crippen LogP contribution in [0, 0.1) is 0 Å². The molecule has 1 spiro atoms. The number of hydrogen-bond acceptors (Lipinski definition) is 4. The van der Waals surface area contributed by atoms with Gasteiger partial charge in [0.15, 0.2) is 0 Å². The van der Waals surface area contributed by atoms with Gasteiger partial charge in [0.25, 0.3) is 5.91 Å². The quantitative estimate of drug-likeness (QED) is 0.596. The molecule has 0 fully saturated rings. The van der Waals surface area contributed by atoms with Crippen LogP contribution >= 0.6 is 0 Å². The molecule has 1 amide bonds.